The van der Waals surface area contributed by atoms with Crippen LogP contribution in [0, 0.1) is 0 Å². The Balaban J connectivity index is 1.79. The molecule has 0 aromatic heterocycles. The molecule has 2 aromatic carbocycles. The fraction of sp³-hybridized carbons (Fsp3) is 0.600. The smallest absolute Gasteiger partial charge is 0.133 e. The van der Waals surface area contributed by atoms with Crippen LogP contribution in [0.5, 0.6) is 11.5 Å². The van der Waals surface area contributed by atoms with E-state index in [0.29, 0.717) is 24.3 Å². The number of benzene rings is 2. The zero-order valence-corrected chi connectivity index (χ0v) is 22.2. The van der Waals surface area contributed by atoms with Gasteiger partial charge in [0.2, 0.25) is 0 Å². The van der Waals surface area contributed by atoms with E-state index in [-0.39, 0.29) is 24.0 Å². The monoisotopic (exact) mass is 498 g/mol. The maximum atomic E-state index is 11.5. The van der Waals surface area contributed by atoms with Crippen molar-refractivity contribution in [2.75, 3.05) is 13.2 Å². The normalized spacial score (nSPS) is 19.5. The summed E-state index contributed by atoms with van der Waals surface area (Å²) in [6.07, 6.45) is 12.4. The minimum atomic E-state index is -0.0787. The summed E-state index contributed by atoms with van der Waals surface area (Å²) >= 11 is 1.41. The maximum Gasteiger partial charge on any atom is 0.133 e. The molecule has 2 fully saturated rings. The molecular weight excluding hydrogens is 456 g/mol. The zero-order valence-electron chi connectivity index (χ0n) is 21.4. The van der Waals surface area contributed by atoms with Crippen LogP contribution in [-0.2, 0) is 23.7 Å². The van der Waals surface area contributed by atoms with Gasteiger partial charge in [0.1, 0.15) is 11.5 Å². The van der Waals surface area contributed by atoms with Crippen LogP contribution in [0.25, 0.3) is 0 Å². The van der Waals surface area contributed by atoms with Crippen molar-refractivity contribution in [1.82, 2.24) is 0 Å². The van der Waals surface area contributed by atoms with Crippen LogP contribution >= 0.6 is 11.8 Å². The lowest BCUT2D eigenvalue weighted by atomic mass is 9.70. The highest BCUT2D eigenvalue weighted by molar-refractivity contribution is 7.99. The van der Waals surface area contributed by atoms with Crippen molar-refractivity contribution >= 4 is 11.8 Å². The molecule has 0 aliphatic heterocycles. The minimum absolute atomic E-state index is 0.0603. The van der Waals surface area contributed by atoms with Gasteiger partial charge in [0.05, 0.1) is 9.79 Å². The van der Waals surface area contributed by atoms with Gasteiger partial charge >= 0.3 is 0 Å². The summed E-state index contributed by atoms with van der Waals surface area (Å²) in [6, 6.07) is 8.09. The molecule has 0 unspecified atom stereocenters. The molecule has 5 heteroatoms. The van der Waals surface area contributed by atoms with Gasteiger partial charge in [-0.15, -0.1) is 0 Å². The number of hydrogen-bond acceptors (Lipinski definition) is 5. The van der Waals surface area contributed by atoms with Crippen LogP contribution < -0.4 is 0 Å². The van der Waals surface area contributed by atoms with Crippen LogP contribution in [0.1, 0.15) is 100 Å². The number of hydrogen-bond donors (Lipinski definition) is 4. The summed E-state index contributed by atoms with van der Waals surface area (Å²) in [4.78, 5) is 1.46. The van der Waals surface area contributed by atoms with E-state index < -0.39 is 0 Å². The maximum absolute atomic E-state index is 11.5. The van der Waals surface area contributed by atoms with Crippen LogP contribution in [0.15, 0.2) is 34.1 Å². The highest BCUT2D eigenvalue weighted by Crippen LogP contribution is 2.51. The second-order valence-corrected chi connectivity index (χ2v) is 12.4. The average molecular weight is 499 g/mol. The number of aliphatic hydroxyl groups is 2. The molecule has 4 rings (SSSR count). The Hall–Kier alpha value is -1.69. The SMILES string of the molecule is CC1(c2cc(CCO)cc(Sc3cc(CCO)cc(C4(C)CCCCC4)c3O)c2O)CCCCC1. The van der Waals surface area contributed by atoms with Gasteiger partial charge < -0.3 is 20.4 Å². The molecular formula is C30H42O4S. The van der Waals surface area contributed by atoms with E-state index in [4.69, 9.17) is 0 Å². The first-order valence-corrected chi connectivity index (χ1v) is 14.2. The van der Waals surface area contributed by atoms with Crippen molar-refractivity contribution in [2.24, 2.45) is 0 Å². The van der Waals surface area contributed by atoms with Gasteiger partial charge in [-0.1, -0.05) is 76.3 Å². The van der Waals surface area contributed by atoms with Crippen molar-refractivity contribution in [1.29, 1.82) is 0 Å². The first-order chi connectivity index (χ1) is 16.8. The molecule has 2 aromatic rings. The topological polar surface area (TPSA) is 80.9 Å². The minimum Gasteiger partial charge on any atom is -0.506 e. The molecule has 2 aliphatic rings. The average Bonchev–Trinajstić information content (AvgIpc) is 2.84. The molecule has 2 saturated carbocycles. The Morgan fingerprint density at radius 2 is 1.00 bits per heavy atom. The Kier molecular flexibility index (Phi) is 8.40. The molecule has 4 N–H and O–H groups in total. The lowest BCUT2D eigenvalue weighted by Gasteiger charge is -2.36. The van der Waals surface area contributed by atoms with E-state index in [2.05, 4.69) is 26.0 Å². The lowest BCUT2D eigenvalue weighted by molar-refractivity contribution is 0.296. The third-order valence-corrected chi connectivity index (χ3v) is 9.57. The summed E-state index contributed by atoms with van der Waals surface area (Å²) in [5, 5.41) is 42.3. The molecule has 0 heterocycles. The molecule has 0 bridgehead atoms. The van der Waals surface area contributed by atoms with Crippen LogP contribution in [0.4, 0.5) is 0 Å². The van der Waals surface area contributed by atoms with Gasteiger partial charge in [0.25, 0.3) is 0 Å². The number of aliphatic hydroxyl groups excluding tert-OH is 2. The summed E-state index contributed by atoms with van der Waals surface area (Å²) in [7, 11) is 0. The Morgan fingerprint density at radius 1 is 0.629 bits per heavy atom. The lowest BCUT2D eigenvalue weighted by Crippen LogP contribution is -2.25. The summed E-state index contributed by atoms with van der Waals surface area (Å²) in [5.74, 6) is 0.608. The van der Waals surface area contributed by atoms with E-state index >= 15 is 0 Å². The molecule has 0 spiro atoms. The van der Waals surface area contributed by atoms with Crippen LogP contribution in [0.2, 0.25) is 0 Å². The molecule has 192 valence electrons. The second kappa shape index (κ2) is 11.1. The van der Waals surface area contributed by atoms with E-state index in [1.165, 1.54) is 24.6 Å². The van der Waals surface area contributed by atoms with Crippen molar-refractivity contribution in [3.63, 3.8) is 0 Å². The van der Waals surface area contributed by atoms with Gasteiger partial charge in [-0.2, -0.15) is 0 Å². The fourth-order valence-electron chi connectivity index (χ4n) is 6.27. The largest absolute Gasteiger partial charge is 0.506 e. The molecule has 0 atom stereocenters. The van der Waals surface area contributed by atoms with E-state index in [0.717, 1.165) is 83.4 Å². The van der Waals surface area contributed by atoms with Crippen molar-refractivity contribution in [3.8, 4) is 11.5 Å². The molecule has 0 amide bonds. The molecule has 2 aliphatic carbocycles. The van der Waals surface area contributed by atoms with Gasteiger partial charge in [0.15, 0.2) is 0 Å². The van der Waals surface area contributed by atoms with Gasteiger partial charge in [0, 0.05) is 24.3 Å². The van der Waals surface area contributed by atoms with E-state index in [9.17, 15) is 20.4 Å². The summed E-state index contributed by atoms with van der Waals surface area (Å²) in [6.45, 7) is 4.62. The van der Waals surface area contributed by atoms with Crippen molar-refractivity contribution < 1.29 is 20.4 Å². The summed E-state index contributed by atoms with van der Waals surface area (Å²) in [5.41, 5.74) is 3.81. The number of aromatic hydroxyl groups is 2. The predicted octanol–water partition coefficient (Wildman–Crippen LogP) is 6.76. The fourth-order valence-corrected chi connectivity index (χ4v) is 7.34. The Labute approximate surface area is 214 Å². The van der Waals surface area contributed by atoms with Crippen molar-refractivity contribution in [2.45, 2.75) is 112 Å². The molecule has 0 radical (unpaired) electrons. The van der Waals surface area contributed by atoms with E-state index in [1.54, 1.807) is 0 Å². The third-order valence-electron chi connectivity index (χ3n) is 8.51. The Morgan fingerprint density at radius 3 is 1.34 bits per heavy atom. The first kappa shape index (κ1) is 26.4. The zero-order chi connectivity index (χ0) is 25.1. The highest BCUT2D eigenvalue weighted by atomic mass is 32.2. The number of phenols is 2. The number of phenolic OH excluding ortho intramolecular Hbond substituents is 2. The number of rotatable bonds is 8. The predicted molar refractivity (Wildman–Crippen MR) is 143 cm³/mol. The van der Waals surface area contributed by atoms with Crippen molar-refractivity contribution in [3.05, 3.63) is 46.5 Å². The Bertz CT molecular complexity index is 938. The van der Waals surface area contributed by atoms with Gasteiger partial charge in [-0.3, -0.25) is 0 Å². The standard InChI is InChI=1S/C30H42O4S/c1-29(11-5-3-6-12-29)23-17-21(9-15-31)19-25(27(23)33)35-26-20-22(10-16-32)18-24(28(26)34)30(2)13-7-4-8-14-30/h17-20,31-34H,3-16H2,1-2H3. The molecule has 0 saturated heterocycles. The van der Waals surface area contributed by atoms with Crippen LogP contribution in [0.3, 0.4) is 0 Å². The quantitative estimate of drug-likeness (QED) is 0.323. The van der Waals surface area contributed by atoms with E-state index in [1.807, 2.05) is 12.1 Å². The summed E-state index contributed by atoms with van der Waals surface area (Å²) < 4.78 is 0. The first-order valence-electron chi connectivity index (χ1n) is 13.4. The third kappa shape index (κ3) is 5.68. The van der Waals surface area contributed by atoms with Gasteiger partial charge in [-0.25, -0.2) is 0 Å². The molecule has 35 heavy (non-hydrogen) atoms. The highest BCUT2D eigenvalue weighted by Gasteiger charge is 2.34. The van der Waals surface area contributed by atoms with Gasteiger partial charge in [-0.05, 0) is 72.6 Å². The molecule has 4 nitrogen and oxygen atoms in total. The second-order valence-electron chi connectivity index (χ2n) is 11.3. The van der Waals surface area contributed by atoms with Crippen LogP contribution in [-0.4, -0.2) is 33.6 Å².